The van der Waals surface area contributed by atoms with E-state index in [0.717, 1.165) is 19.3 Å². The van der Waals surface area contributed by atoms with Gasteiger partial charge >= 0.3 is 0 Å². The number of amides is 1. The van der Waals surface area contributed by atoms with Crippen LogP contribution in [0.1, 0.15) is 96.3 Å². The van der Waals surface area contributed by atoms with Crippen LogP contribution in [0.2, 0.25) is 0 Å². The van der Waals surface area contributed by atoms with E-state index in [0.29, 0.717) is 18.6 Å². The van der Waals surface area contributed by atoms with Gasteiger partial charge < -0.3 is 20.1 Å². The number of carboxylic acids is 1. The third-order valence-corrected chi connectivity index (χ3v) is 5.38. The van der Waals surface area contributed by atoms with Crippen molar-refractivity contribution in [3.05, 3.63) is 0 Å². The summed E-state index contributed by atoms with van der Waals surface area (Å²) < 4.78 is 0. The maximum absolute atomic E-state index is 11.8. The molecule has 0 aliphatic carbocycles. The van der Waals surface area contributed by atoms with Crippen molar-refractivity contribution >= 4 is 24.5 Å². The lowest BCUT2D eigenvalue weighted by Gasteiger charge is -2.18. The second-order valence-corrected chi connectivity index (χ2v) is 8.70. The number of carbonyl (C=O) groups is 2. The molecule has 0 aromatic heterocycles. The van der Waals surface area contributed by atoms with Gasteiger partial charge in [0, 0.05) is 6.42 Å². The molecule has 28 heavy (non-hydrogen) atoms. The third-order valence-electron chi connectivity index (χ3n) is 5.12. The first kappa shape index (κ1) is 27.2. The number of rotatable bonds is 20. The molecular weight excluding hydrogens is 372 g/mol. The lowest BCUT2D eigenvalue weighted by molar-refractivity contribution is -0.858. The lowest BCUT2D eigenvalue weighted by Crippen LogP contribution is -3.05. The molecular formula is C22H44N2O3S. The van der Waals surface area contributed by atoms with Crippen LogP contribution >= 0.6 is 12.6 Å². The fourth-order valence-electron chi connectivity index (χ4n) is 3.35. The molecule has 0 saturated carbocycles. The lowest BCUT2D eigenvalue weighted by atomic mass is 10.0. The van der Waals surface area contributed by atoms with Crippen molar-refractivity contribution in [2.24, 2.45) is 0 Å². The van der Waals surface area contributed by atoms with Crippen LogP contribution in [-0.2, 0) is 9.59 Å². The van der Waals surface area contributed by atoms with Crippen LogP contribution in [0.3, 0.4) is 0 Å². The van der Waals surface area contributed by atoms with Crippen LogP contribution in [0.15, 0.2) is 0 Å². The number of carboxylic acid groups (broad SMARTS) is 1. The number of unbranched alkanes of at least 4 members (excludes halogenated alkanes) is 12. The minimum atomic E-state index is -1.23. The van der Waals surface area contributed by atoms with E-state index in [1.165, 1.54) is 70.8 Å². The van der Waals surface area contributed by atoms with E-state index in [9.17, 15) is 14.7 Å². The number of hydrogen-bond donors (Lipinski definition) is 3. The monoisotopic (exact) mass is 416 g/mol. The van der Waals surface area contributed by atoms with Gasteiger partial charge in [-0.15, -0.1) is 0 Å². The summed E-state index contributed by atoms with van der Waals surface area (Å²) in [5.74, 6) is -1.01. The molecule has 1 amide bonds. The van der Waals surface area contributed by atoms with Gasteiger partial charge in [0.25, 0.3) is 0 Å². The average molecular weight is 417 g/mol. The zero-order valence-electron chi connectivity index (χ0n) is 18.3. The van der Waals surface area contributed by atoms with Gasteiger partial charge in [0.05, 0.1) is 32.7 Å². The summed E-state index contributed by atoms with van der Waals surface area (Å²) in [6.07, 6.45) is 17.1. The van der Waals surface area contributed by atoms with Crippen molar-refractivity contribution in [1.82, 2.24) is 5.32 Å². The zero-order chi connectivity index (χ0) is 21.0. The molecule has 0 heterocycles. The molecule has 0 spiro atoms. The predicted molar refractivity (Wildman–Crippen MR) is 118 cm³/mol. The molecule has 0 fully saturated rings. The smallest absolute Gasteiger partial charge is 0.220 e. The topological polar surface area (TPSA) is 73.7 Å². The van der Waals surface area contributed by atoms with Crippen molar-refractivity contribution in [3.8, 4) is 0 Å². The van der Waals surface area contributed by atoms with Crippen molar-refractivity contribution in [2.75, 3.05) is 26.4 Å². The molecule has 5 nitrogen and oxygen atoms in total. The fourth-order valence-corrected chi connectivity index (χ4v) is 3.61. The summed E-state index contributed by atoms with van der Waals surface area (Å²) in [7, 11) is 4.44. The Balaban J connectivity index is 3.33. The quantitative estimate of drug-likeness (QED) is 0.210. The molecule has 6 heteroatoms. The second-order valence-electron chi connectivity index (χ2n) is 8.25. The first-order chi connectivity index (χ1) is 13.5. The van der Waals surface area contributed by atoms with E-state index in [2.05, 4.69) is 32.0 Å². The van der Waals surface area contributed by atoms with Crippen molar-refractivity contribution < 1.29 is 19.6 Å². The Morgan fingerprint density at radius 2 is 1.25 bits per heavy atom. The third kappa shape index (κ3) is 18.6. The molecule has 2 N–H and O–H groups in total. The highest BCUT2D eigenvalue weighted by Gasteiger charge is 2.12. The van der Waals surface area contributed by atoms with E-state index >= 15 is 0 Å². The highest BCUT2D eigenvalue weighted by atomic mass is 32.1. The van der Waals surface area contributed by atoms with Gasteiger partial charge in [-0.1, -0.05) is 64.2 Å². The Morgan fingerprint density at radius 1 is 0.821 bits per heavy atom. The standard InChI is InChI=1S/C22H44N2O3S/c1-24(2)18-15-13-11-9-7-5-3-4-6-8-10-12-14-16-21(25)23-20(17-19-28)22(26)27/h20,28H,3-19H2,1-2H3,(H,23,25)(H,26,27). The molecule has 0 aliphatic rings. The normalized spacial score (nSPS) is 12.3. The van der Waals surface area contributed by atoms with E-state index in [-0.39, 0.29) is 5.91 Å². The number of quaternary nitrogens is 1. The summed E-state index contributed by atoms with van der Waals surface area (Å²) in [5.41, 5.74) is 0. The van der Waals surface area contributed by atoms with E-state index in [1.54, 1.807) is 4.90 Å². The summed E-state index contributed by atoms with van der Waals surface area (Å²) in [5, 5.41) is 13.4. The SMILES string of the molecule is C[NH+](C)CCCCCCCCCCCCCCCC(=O)NC(CCS)C(=O)[O-]. The minimum Gasteiger partial charge on any atom is -0.548 e. The van der Waals surface area contributed by atoms with Crippen LogP contribution in [0.5, 0.6) is 0 Å². The number of carbonyl (C=O) groups excluding carboxylic acids is 2. The van der Waals surface area contributed by atoms with Crippen LogP contribution in [-0.4, -0.2) is 44.3 Å². The largest absolute Gasteiger partial charge is 0.548 e. The van der Waals surface area contributed by atoms with E-state index in [1.807, 2.05) is 0 Å². The average Bonchev–Trinajstić information content (AvgIpc) is 2.64. The minimum absolute atomic E-state index is 0.195. The van der Waals surface area contributed by atoms with Crippen LogP contribution in [0, 0.1) is 0 Å². The zero-order valence-corrected chi connectivity index (χ0v) is 19.2. The molecule has 0 aromatic rings. The molecule has 166 valence electrons. The summed E-state index contributed by atoms with van der Waals surface area (Å²) in [6.45, 7) is 1.29. The first-order valence-electron chi connectivity index (χ1n) is 11.4. The highest BCUT2D eigenvalue weighted by molar-refractivity contribution is 7.80. The molecule has 1 atom stereocenters. The number of hydrogen-bond acceptors (Lipinski definition) is 4. The molecule has 0 aromatic carbocycles. The van der Waals surface area contributed by atoms with Crippen molar-refractivity contribution in [1.29, 1.82) is 0 Å². The molecule has 0 rings (SSSR count). The van der Waals surface area contributed by atoms with Crippen LogP contribution in [0.4, 0.5) is 0 Å². The Bertz CT molecular complexity index is 392. The first-order valence-corrected chi connectivity index (χ1v) is 12.0. The van der Waals surface area contributed by atoms with Crippen molar-refractivity contribution in [2.45, 2.75) is 102 Å². The Hall–Kier alpha value is -0.750. The number of thiol groups is 1. The Labute approximate surface area is 178 Å². The molecule has 0 bridgehead atoms. The maximum Gasteiger partial charge on any atom is 0.220 e. The molecule has 0 radical (unpaired) electrons. The van der Waals surface area contributed by atoms with Crippen molar-refractivity contribution in [3.63, 3.8) is 0 Å². The van der Waals surface area contributed by atoms with Gasteiger partial charge in [-0.2, -0.15) is 12.6 Å². The fraction of sp³-hybridized carbons (Fsp3) is 0.909. The van der Waals surface area contributed by atoms with Gasteiger partial charge in [0.1, 0.15) is 0 Å². The van der Waals surface area contributed by atoms with Gasteiger partial charge in [-0.25, -0.2) is 0 Å². The summed E-state index contributed by atoms with van der Waals surface area (Å²) in [6, 6.07) is -0.913. The predicted octanol–water partition coefficient (Wildman–Crippen LogP) is 2.15. The van der Waals surface area contributed by atoms with Gasteiger partial charge in [-0.05, 0) is 31.4 Å². The van der Waals surface area contributed by atoms with Crippen LogP contribution < -0.4 is 15.3 Å². The van der Waals surface area contributed by atoms with E-state index < -0.39 is 12.0 Å². The summed E-state index contributed by atoms with van der Waals surface area (Å²) in [4.78, 5) is 24.2. The maximum atomic E-state index is 11.8. The Kier molecular flexibility index (Phi) is 19.0. The summed E-state index contributed by atoms with van der Waals surface area (Å²) >= 11 is 4.00. The highest BCUT2D eigenvalue weighted by Crippen LogP contribution is 2.13. The number of nitrogens with one attached hydrogen (secondary N) is 2. The second kappa shape index (κ2) is 19.6. The van der Waals surface area contributed by atoms with Gasteiger partial charge in [0.15, 0.2) is 0 Å². The molecule has 1 unspecified atom stereocenters. The Morgan fingerprint density at radius 3 is 1.64 bits per heavy atom. The van der Waals surface area contributed by atoms with Crippen LogP contribution in [0.25, 0.3) is 0 Å². The van der Waals surface area contributed by atoms with Gasteiger partial charge in [-0.3, -0.25) is 4.79 Å². The number of aliphatic carboxylic acids is 1. The van der Waals surface area contributed by atoms with Gasteiger partial charge in [0.2, 0.25) is 5.91 Å². The molecule has 0 aliphatic heterocycles. The van der Waals surface area contributed by atoms with E-state index in [4.69, 9.17) is 0 Å². The molecule has 0 saturated heterocycles.